The van der Waals surface area contributed by atoms with E-state index in [4.69, 9.17) is 0 Å². The van der Waals surface area contributed by atoms with Crippen LogP contribution in [-0.2, 0) is 11.3 Å². The lowest BCUT2D eigenvalue weighted by molar-refractivity contribution is -0.113. The Morgan fingerprint density at radius 1 is 1.32 bits per heavy atom. The summed E-state index contributed by atoms with van der Waals surface area (Å²) in [5.74, 6) is 0.309. The SMILES string of the molecule is CCCCCn1cnnc1SCC(=O)Nc1ccccc1C. The van der Waals surface area contributed by atoms with Crippen LogP contribution in [0, 0.1) is 6.92 Å². The molecule has 0 saturated heterocycles. The fraction of sp³-hybridized carbons (Fsp3) is 0.438. The van der Waals surface area contributed by atoms with Crippen LogP contribution in [0.2, 0.25) is 0 Å². The second kappa shape index (κ2) is 8.58. The smallest absolute Gasteiger partial charge is 0.234 e. The number of benzene rings is 1. The first-order valence-electron chi connectivity index (χ1n) is 7.56. The third-order valence-electron chi connectivity index (χ3n) is 3.33. The molecule has 0 radical (unpaired) electrons. The molecule has 0 aliphatic rings. The topological polar surface area (TPSA) is 59.8 Å². The highest BCUT2D eigenvalue weighted by Crippen LogP contribution is 2.17. The van der Waals surface area contributed by atoms with Crippen LogP contribution in [0.5, 0.6) is 0 Å². The second-order valence-corrected chi connectivity index (χ2v) is 6.11. The van der Waals surface area contributed by atoms with Gasteiger partial charge in [0.1, 0.15) is 6.33 Å². The van der Waals surface area contributed by atoms with E-state index in [2.05, 4.69) is 22.4 Å². The average molecular weight is 318 g/mol. The highest BCUT2D eigenvalue weighted by atomic mass is 32.2. The summed E-state index contributed by atoms with van der Waals surface area (Å²) in [6, 6.07) is 7.76. The molecule has 0 unspecified atom stereocenters. The number of rotatable bonds is 8. The van der Waals surface area contributed by atoms with Crippen LogP contribution in [0.25, 0.3) is 0 Å². The Morgan fingerprint density at radius 3 is 2.91 bits per heavy atom. The van der Waals surface area contributed by atoms with Crippen molar-refractivity contribution in [1.82, 2.24) is 14.8 Å². The predicted octanol–water partition coefficient (Wildman–Crippen LogP) is 3.51. The molecule has 2 aromatic rings. The Morgan fingerprint density at radius 2 is 2.14 bits per heavy atom. The van der Waals surface area contributed by atoms with Crippen molar-refractivity contribution in [2.24, 2.45) is 0 Å². The minimum atomic E-state index is -0.0255. The van der Waals surface area contributed by atoms with Crippen LogP contribution in [0.4, 0.5) is 5.69 Å². The lowest BCUT2D eigenvalue weighted by atomic mass is 10.2. The van der Waals surface area contributed by atoms with Crippen molar-refractivity contribution in [2.75, 3.05) is 11.1 Å². The van der Waals surface area contributed by atoms with E-state index in [1.165, 1.54) is 24.6 Å². The molecule has 118 valence electrons. The van der Waals surface area contributed by atoms with Gasteiger partial charge in [-0.15, -0.1) is 10.2 Å². The number of aryl methyl sites for hydroxylation is 2. The molecule has 0 spiro atoms. The molecule has 2 rings (SSSR count). The number of amides is 1. The zero-order valence-corrected chi connectivity index (χ0v) is 13.9. The maximum absolute atomic E-state index is 12.0. The van der Waals surface area contributed by atoms with Crippen LogP contribution < -0.4 is 5.32 Å². The van der Waals surface area contributed by atoms with E-state index >= 15 is 0 Å². The van der Waals surface area contributed by atoms with Gasteiger partial charge in [0.2, 0.25) is 5.91 Å². The van der Waals surface area contributed by atoms with Gasteiger partial charge in [-0.1, -0.05) is 49.7 Å². The van der Waals surface area contributed by atoms with Crippen molar-refractivity contribution in [3.8, 4) is 0 Å². The van der Waals surface area contributed by atoms with Crippen LogP contribution >= 0.6 is 11.8 Å². The van der Waals surface area contributed by atoms with E-state index in [0.29, 0.717) is 5.75 Å². The normalized spacial score (nSPS) is 10.6. The molecule has 1 heterocycles. The fourth-order valence-corrected chi connectivity index (χ4v) is 2.81. The molecule has 0 atom stereocenters. The van der Waals surface area contributed by atoms with Gasteiger partial charge in [0.05, 0.1) is 5.75 Å². The molecule has 5 nitrogen and oxygen atoms in total. The van der Waals surface area contributed by atoms with Gasteiger partial charge in [-0.3, -0.25) is 4.79 Å². The van der Waals surface area contributed by atoms with Crippen molar-refractivity contribution in [2.45, 2.75) is 44.8 Å². The van der Waals surface area contributed by atoms with E-state index in [1.807, 2.05) is 35.8 Å². The lowest BCUT2D eigenvalue weighted by Gasteiger charge is -2.08. The quantitative estimate of drug-likeness (QED) is 0.598. The van der Waals surface area contributed by atoms with Gasteiger partial charge >= 0.3 is 0 Å². The van der Waals surface area contributed by atoms with Crippen molar-refractivity contribution in [3.05, 3.63) is 36.2 Å². The molecular weight excluding hydrogens is 296 g/mol. The number of thioether (sulfide) groups is 1. The zero-order chi connectivity index (χ0) is 15.8. The Kier molecular flexibility index (Phi) is 6.45. The summed E-state index contributed by atoms with van der Waals surface area (Å²) >= 11 is 1.42. The minimum absolute atomic E-state index is 0.0255. The van der Waals surface area contributed by atoms with Crippen molar-refractivity contribution < 1.29 is 4.79 Å². The first-order chi connectivity index (χ1) is 10.7. The van der Waals surface area contributed by atoms with Gasteiger partial charge in [0.25, 0.3) is 0 Å². The molecule has 22 heavy (non-hydrogen) atoms. The maximum atomic E-state index is 12.0. The predicted molar refractivity (Wildman–Crippen MR) is 90.1 cm³/mol. The Balaban J connectivity index is 1.84. The number of hydrogen-bond donors (Lipinski definition) is 1. The first kappa shape index (κ1) is 16.5. The molecule has 0 saturated carbocycles. The van der Waals surface area contributed by atoms with Gasteiger partial charge in [0, 0.05) is 12.2 Å². The van der Waals surface area contributed by atoms with E-state index in [9.17, 15) is 4.79 Å². The number of nitrogens with zero attached hydrogens (tertiary/aromatic N) is 3. The number of carbonyl (C=O) groups excluding carboxylic acids is 1. The molecular formula is C16H22N4OS. The number of para-hydroxylation sites is 1. The van der Waals surface area contributed by atoms with Gasteiger partial charge in [-0.2, -0.15) is 0 Å². The monoisotopic (exact) mass is 318 g/mol. The van der Waals surface area contributed by atoms with E-state index in [0.717, 1.165) is 29.4 Å². The Bertz CT molecular complexity index is 612. The molecule has 1 amide bonds. The standard InChI is InChI=1S/C16H22N4OS/c1-3-4-7-10-20-12-17-19-16(20)22-11-15(21)18-14-9-6-5-8-13(14)2/h5-6,8-9,12H,3-4,7,10-11H2,1-2H3,(H,18,21). The first-order valence-corrected chi connectivity index (χ1v) is 8.55. The third-order valence-corrected chi connectivity index (χ3v) is 4.31. The molecule has 0 fully saturated rings. The molecule has 1 N–H and O–H groups in total. The number of carbonyl (C=O) groups is 1. The number of aromatic nitrogens is 3. The summed E-state index contributed by atoms with van der Waals surface area (Å²) in [6.45, 7) is 5.06. The summed E-state index contributed by atoms with van der Waals surface area (Å²) in [6.07, 6.45) is 5.22. The fourth-order valence-electron chi connectivity index (χ4n) is 2.07. The molecule has 0 bridgehead atoms. The molecule has 1 aromatic heterocycles. The van der Waals surface area contributed by atoms with E-state index in [-0.39, 0.29) is 5.91 Å². The highest BCUT2D eigenvalue weighted by Gasteiger charge is 2.09. The van der Waals surface area contributed by atoms with Crippen LogP contribution in [-0.4, -0.2) is 26.4 Å². The number of anilines is 1. The number of nitrogens with one attached hydrogen (secondary N) is 1. The minimum Gasteiger partial charge on any atom is -0.325 e. The summed E-state index contributed by atoms with van der Waals surface area (Å²) < 4.78 is 2.02. The Hall–Kier alpha value is -1.82. The largest absolute Gasteiger partial charge is 0.325 e. The molecule has 1 aromatic carbocycles. The van der Waals surface area contributed by atoms with Crippen LogP contribution in [0.1, 0.15) is 31.7 Å². The van der Waals surface area contributed by atoms with Crippen LogP contribution in [0.3, 0.4) is 0 Å². The van der Waals surface area contributed by atoms with E-state index < -0.39 is 0 Å². The summed E-state index contributed by atoms with van der Waals surface area (Å²) in [7, 11) is 0. The number of hydrogen-bond acceptors (Lipinski definition) is 4. The summed E-state index contributed by atoms with van der Waals surface area (Å²) in [5.41, 5.74) is 1.92. The lowest BCUT2D eigenvalue weighted by Crippen LogP contribution is -2.15. The maximum Gasteiger partial charge on any atom is 0.234 e. The van der Waals surface area contributed by atoms with Gasteiger partial charge < -0.3 is 9.88 Å². The Labute approximate surface area is 135 Å². The van der Waals surface area contributed by atoms with Crippen molar-refractivity contribution in [1.29, 1.82) is 0 Å². The average Bonchev–Trinajstić information content (AvgIpc) is 2.95. The second-order valence-electron chi connectivity index (χ2n) is 5.17. The van der Waals surface area contributed by atoms with Gasteiger partial charge in [0.15, 0.2) is 5.16 Å². The molecule has 6 heteroatoms. The zero-order valence-electron chi connectivity index (χ0n) is 13.1. The van der Waals surface area contributed by atoms with Crippen LogP contribution in [0.15, 0.2) is 35.7 Å². The summed E-state index contributed by atoms with van der Waals surface area (Å²) in [4.78, 5) is 12.0. The van der Waals surface area contributed by atoms with Crippen molar-refractivity contribution >= 4 is 23.4 Å². The van der Waals surface area contributed by atoms with Crippen molar-refractivity contribution in [3.63, 3.8) is 0 Å². The van der Waals surface area contributed by atoms with Gasteiger partial charge in [-0.05, 0) is 25.0 Å². The molecule has 0 aliphatic carbocycles. The van der Waals surface area contributed by atoms with E-state index in [1.54, 1.807) is 6.33 Å². The highest BCUT2D eigenvalue weighted by molar-refractivity contribution is 7.99. The molecule has 0 aliphatic heterocycles. The number of unbranched alkanes of at least 4 members (excludes halogenated alkanes) is 2. The third kappa shape index (κ3) is 4.87. The summed E-state index contributed by atoms with van der Waals surface area (Å²) in [5, 5.41) is 11.8. The van der Waals surface area contributed by atoms with Gasteiger partial charge in [-0.25, -0.2) is 0 Å².